The summed E-state index contributed by atoms with van der Waals surface area (Å²) in [5, 5.41) is 3.83. The smallest absolute Gasteiger partial charge is 0.221 e. The molecule has 1 aromatic carbocycles. The lowest BCUT2D eigenvalue weighted by molar-refractivity contribution is -0.114. The molecular formula is C10H11Cl2NO. The van der Waals surface area contributed by atoms with Crippen molar-refractivity contribution in [3.63, 3.8) is 0 Å². The normalized spacial score (nSPS) is 10.1. The van der Waals surface area contributed by atoms with E-state index in [0.29, 0.717) is 15.7 Å². The number of hydrogen-bond donors (Lipinski definition) is 1. The summed E-state index contributed by atoms with van der Waals surface area (Å²) in [4.78, 5) is 10.9. The molecule has 0 saturated carbocycles. The lowest BCUT2D eigenvalue weighted by Crippen LogP contribution is -2.07. The van der Waals surface area contributed by atoms with Crippen molar-refractivity contribution in [3.8, 4) is 0 Å². The van der Waals surface area contributed by atoms with Crippen LogP contribution in [0.3, 0.4) is 0 Å². The topological polar surface area (TPSA) is 29.1 Å². The lowest BCUT2D eigenvalue weighted by atomic mass is 10.1. The van der Waals surface area contributed by atoms with E-state index in [4.69, 9.17) is 23.2 Å². The van der Waals surface area contributed by atoms with Crippen LogP contribution in [-0.2, 0) is 4.79 Å². The van der Waals surface area contributed by atoms with Crippen LogP contribution in [0.15, 0.2) is 6.07 Å². The summed E-state index contributed by atoms with van der Waals surface area (Å²) in [5.41, 5.74) is 2.34. The highest BCUT2D eigenvalue weighted by Crippen LogP contribution is 2.32. The molecule has 1 N–H and O–H groups in total. The molecule has 14 heavy (non-hydrogen) atoms. The number of carbonyl (C=O) groups is 1. The Kier molecular flexibility index (Phi) is 3.40. The van der Waals surface area contributed by atoms with E-state index in [1.54, 1.807) is 6.07 Å². The highest BCUT2D eigenvalue weighted by atomic mass is 35.5. The van der Waals surface area contributed by atoms with Gasteiger partial charge in [-0.15, -0.1) is 0 Å². The minimum Gasteiger partial charge on any atom is -0.326 e. The van der Waals surface area contributed by atoms with E-state index >= 15 is 0 Å². The van der Waals surface area contributed by atoms with Gasteiger partial charge in [-0.2, -0.15) is 0 Å². The monoisotopic (exact) mass is 231 g/mol. The number of benzene rings is 1. The van der Waals surface area contributed by atoms with Gasteiger partial charge in [0, 0.05) is 22.7 Å². The van der Waals surface area contributed by atoms with Crippen LogP contribution in [0.5, 0.6) is 0 Å². The van der Waals surface area contributed by atoms with Gasteiger partial charge in [-0.25, -0.2) is 0 Å². The number of nitrogens with one attached hydrogen (secondary N) is 1. The largest absolute Gasteiger partial charge is 0.326 e. The lowest BCUT2D eigenvalue weighted by Gasteiger charge is -2.11. The van der Waals surface area contributed by atoms with Gasteiger partial charge in [0.15, 0.2) is 0 Å². The summed E-state index contributed by atoms with van der Waals surface area (Å²) in [6.45, 7) is 5.13. The molecule has 0 radical (unpaired) electrons. The van der Waals surface area contributed by atoms with Gasteiger partial charge in [-0.3, -0.25) is 4.79 Å². The number of rotatable bonds is 1. The molecule has 1 aromatic rings. The Labute approximate surface area is 93.2 Å². The van der Waals surface area contributed by atoms with E-state index in [1.165, 1.54) is 6.92 Å². The molecule has 0 aromatic heterocycles. The first-order valence-electron chi connectivity index (χ1n) is 4.16. The van der Waals surface area contributed by atoms with Gasteiger partial charge in [-0.05, 0) is 31.0 Å². The second-order valence-electron chi connectivity index (χ2n) is 3.15. The van der Waals surface area contributed by atoms with Crippen molar-refractivity contribution in [2.75, 3.05) is 5.32 Å². The number of amides is 1. The average Bonchev–Trinajstić information content (AvgIpc) is 2.10. The Morgan fingerprint density at radius 3 is 2.36 bits per heavy atom. The van der Waals surface area contributed by atoms with Gasteiger partial charge in [0.2, 0.25) is 5.91 Å². The summed E-state index contributed by atoms with van der Waals surface area (Å²) in [7, 11) is 0. The Balaban J connectivity index is 3.25. The summed E-state index contributed by atoms with van der Waals surface area (Å²) in [6, 6.07) is 1.71. The number of anilines is 1. The van der Waals surface area contributed by atoms with E-state index in [-0.39, 0.29) is 5.91 Å². The van der Waals surface area contributed by atoms with Crippen molar-refractivity contribution in [3.05, 3.63) is 27.2 Å². The first-order valence-corrected chi connectivity index (χ1v) is 4.92. The van der Waals surface area contributed by atoms with Gasteiger partial charge in [0.25, 0.3) is 0 Å². The van der Waals surface area contributed by atoms with Crippen LogP contribution in [0.1, 0.15) is 18.1 Å². The minimum absolute atomic E-state index is 0.135. The molecular weight excluding hydrogens is 221 g/mol. The zero-order chi connectivity index (χ0) is 10.9. The van der Waals surface area contributed by atoms with Crippen LogP contribution in [0.4, 0.5) is 5.69 Å². The molecule has 0 saturated heterocycles. The third-order valence-corrected chi connectivity index (χ3v) is 2.96. The van der Waals surface area contributed by atoms with Gasteiger partial charge in [0.1, 0.15) is 0 Å². The molecule has 1 rings (SSSR count). The zero-order valence-electron chi connectivity index (χ0n) is 8.24. The fraction of sp³-hybridized carbons (Fsp3) is 0.300. The SMILES string of the molecule is CC(=O)Nc1cc(Cl)c(C)c(Cl)c1C. The maximum atomic E-state index is 10.9. The van der Waals surface area contributed by atoms with Crippen LogP contribution < -0.4 is 5.32 Å². The zero-order valence-corrected chi connectivity index (χ0v) is 9.75. The molecule has 0 spiro atoms. The van der Waals surface area contributed by atoms with E-state index in [9.17, 15) is 4.79 Å². The van der Waals surface area contributed by atoms with Crippen molar-refractivity contribution in [1.82, 2.24) is 0 Å². The fourth-order valence-electron chi connectivity index (χ4n) is 1.17. The van der Waals surface area contributed by atoms with Crippen molar-refractivity contribution in [2.24, 2.45) is 0 Å². The summed E-state index contributed by atoms with van der Waals surface area (Å²) in [6.07, 6.45) is 0. The number of carbonyl (C=O) groups excluding carboxylic acids is 1. The van der Waals surface area contributed by atoms with E-state index < -0.39 is 0 Å². The molecule has 2 nitrogen and oxygen atoms in total. The Morgan fingerprint density at radius 1 is 1.29 bits per heavy atom. The predicted molar refractivity (Wildman–Crippen MR) is 60.2 cm³/mol. The summed E-state index contributed by atoms with van der Waals surface area (Å²) < 4.78 is 0. The Morgan fingerprint density at radius 2 is 1.86 bits per heavy atom. The average molecular weight is 232 g/mol. The molecule has 0 heterocycles. The van der Waals surface area contributed by atoms with Gasteiger partial charge in [0.05, 0.1) is 0 Å². The van der Waals surface area contributed by atoms with E-state index in [2.05, 4.69) is 5.32 Å². The van der Waals surface area contributed by atoms with Crippen LogP contribution in [0.2, 0.25) is 10.0 Å². The van der Waals surface area contributed by atoms with Crippen LogP contribution in [0, 0.1) is 13.8 Å². The molecule has 0 aliphatic carbocycles. The molecule has 0 bridgehead atoms. The van der Waals surface area contributed by atoms with Gasteiger partial charge in [-0.1, -0.05) is 23.2 Å². The van der Waals surface area contributed by atoms with Gasteiger partial charge < -0.3 is 5.32 Å². The molecule has 0 aliphatic rings. The van der Waals surface area contributed by atoms with Crippen LogP contribution in [0.25, 0.3) is 0 Å². The van der Waals surface area contributed by atoms with Gasteiger partial charge >= 0.3 is 0 Å². The Hall–Kier alpha value is -0.730. The minimum atomic E-state index is -0.135. The molecule has 0 fully saturated rings. The predicted octanol–water partition coefficient (Wildman–Crippen LogP) is 3.57. The fourth-order valence-corrected chi connectivity index (χ4v) is 1.62. The highest BCUT2D eigenvalue weighted by molar-refractivity contribution is 6.37. The highest BCUT2D eigenvalue weighted by Gasteiger charge is 2.10. The second-order valence-corrected chi connectivity index (χ2v) is 3.94. The summed E-state index contributed by atoms with van der Waals surface area (Å²) in [5.74, 6) is -0.135. The van der Waals surface area contributed by atoms with Crippen molar-refractivity contribution < 1.29 is 4.79 Å². The molecule has 0 aliphatic heterocycles. The molecule has 0 unspecified atom stereocenters. The second kappa shape index (κ2) is 4.20. The quantitative estimate of drug-likeness (QED) is 0.787. The van der Waals surface area contributed by atoms with Crippen molar-refractivity contribution >= 4 is 34.8 Å². The van der Waals surface area contributed by atoms with Crippen LogP contribution in [-0.4, -0.2) is 5.91 Å². The number of halogens is 2. The van der Waals surface area contributed by atoms with Crippen molar-refractivity contribution in [2.45, 2.75) is 20.8 Å². The van der Waals surface area contributed by atoms with Crippen molar-refractivity contribution in [1.29, 1.82) is 0 Å². The van der Waals surface area contributed by atoms with E-state index in [1.807, 2.05) is 13.8 Å². The van der Waals surface area contributed by atoms with E-state index in [0.717, 1.165) is 11.1 Å². The number of hydrogen-bond acceptors (Lipinski definition) is 1. The maximum Gasteiger partial charge on any atom is 0.221 e. The van der Waals surface area contributed by atoms with Crippen LogP contribution >= 0.6 is 23.2 Å². The first kappa shape index (κ1) is 11.3. The standard InChI is InChI=1S/C10H11Cl2NO/c1-5-8(11)4-9(13-7(3)14)6(2)10(5)12/h4H,1-3H3,(H,13,14). The molecule has 1 amide bonds. The third-order valence-electron chi connectivity index (χ3n) is 2.00. The summed E-state index contributed by atoms with van der Waals surface area (Å²) >= 11 is 12.0. The third kappa shape index (κ3) is 2.20. The Bertz CT molecular complexity index is 388. The molecule has 0 atom stereocenters. The first-order chi connectivity index (χ1) is 6.43. The molecule has 4 heteroatoms. The molecule has 76 valence electrons. The maximum absolute atomic E-state index is 10.9.